The summed E-state index contributed by atoms with van der Waals surface area (Å²) in [5.41, 5.74) is 1.30. The molecule has 1 unspecified atom stereocenters. The minimum absolute atomic E-state index is 0. The summed E-state index contributed by atoms with van der Waals surface area (Å²) in [7, 11) is 1.71. The Balaban J connectivity index is 0.00000341. The third-order valence-electron chi connectivity index (χ3n) is 5.89. The number of hydrogen-bond donors (Lipinski definition) is 1. The van der Waals surface area contributed by atoms with Gasteiger partial charge in [0.25, 0.3) is 0 Å². The zero-order valence-corrected chi connectivity index (χ0v) is 21.5. The van der Waals surface area contributed by atoms with E-state index in [2.05, 4.69) is 29.3 Å². The molecule has 2 heterocycles. The smallest absolute Gasteiger partial charge is 0.193 e. The molecule has 2 saturated heterocycles. The summed E-state index contributed by atoms with van der Waals surface area (Å²) >= 11 is 0. The van der Waals surface area contributed by atoms with E-state index in [4.69, 9.17) is 19.2 Å². The molecule has 1 aromatic rings. The molecule has 6 nitrogen and oxygen atoms in total. The largest absolute Gasteiger partial charge is 0.497 e. The number of nitrogens with zero attached hydrogens (tertiary/aromatic N) is 2. The summed E-state index contributed by atoms with van der Waals surface area (Å²) in [6, 6.07) is 8.30. The van der Waals surface area contributed by atoms with Crippen LogP contribution in [0.5, 0.6) is 5.75 Å². The predicted octanol–water partition coefficient (Wildman–Crippen LogP) is 4.26. The normalized spacial score (nSPS) is 20.3. The van der Waals surface area contributed by atoms with E-state index in [1.165, 1.54) is 18.4 Å². The Morgan fingerprint density at radius 2 is 2.06 bits per heavy atom. The van der Waals surface area contributed by atoms with Crippen molar-refractivity contribution in [2.75, 3.05) is 46.5 Å². The summed E-state index contributed by atoms with van der Waals surface area (Å²) in [5.74, 6) is 1.96. The molecule has 0 aliphatic carbocycles. The van der Waals surface area contributed by atoms with Crippen LogP contribution in [0.15, 0.2) is 29.3 Å². The molecular formula is C24H40IN3O3. The number of aryl methyl sites for hydroxylation is 1. The van der Waals surface area contributed by atoms with E-state index in [-0.39, 0.29) is 24.0 Å². The first-order valence-corrected chi connectivity index (χ1v) is 11.7. The predicted molar refractivity (Wildman–Crippen MR) is 137 cm³/mol. The van der Waals surface area contributed by atoms with Gasteiger partial charge in [-0.3, -0.25) is 4.99 Å². The number of benzene rings is 1. The van der Waals surface area contributed by atoms with E-state index in [1.54, 1.807) is 7.11 Å². The van der Waals surface area contributed by atoms with E-state index in [1.807, 2.05) is 12.1 Å². The maximum atomic E-state index is 6.15. The first kappa shape index (κ1) is 26.2. The van der Waals surface area contributed by atoms with Gasteiger partial charge >= 0.3 is 0 Å². The molecule has 2 aliphatic rings. The number of likely N-dealkylation sites (tertiary alicyclic amines) is 1. The van der Waals surface area contributed by atoms with Crippen molar-refractivity contribution in [2.45, 2.75) is 64.1 Å². The van der Waals surface area contributed by atoms with Gasteiger partial charge in [-0.25, -0.2) is 0 Å². The minimum atomic E-state index is 0. The standard InChI is InChI=1S/C24H39N3O3.HI/c1-3-25-24(26-14-7-9-20-8-6-11-22(18-20)28-2)27-15-12-21(13-16-27)30-19-23-10-4-5-17-29-23;/h6,8,11,18,21,23H,3-5,7,9-10,12-17,19H2,1-2H3,(H,25,26);1H. The summed E-state index contributed by atoms with van der Waals surface area (Å²) < 4.78 is 17.3. The lowest BCUT2D eigenvalue weighted by Gasteiger charge is -2.35. The van der Waals surface area contributed by atoms with Gasteiger partial charge in [-0.15, -0.1) is 24.0 Å². The van der Waals surface area contributed by atoms with Crippen LogP contribution in [-0.4, -0.2) is 69.6 Å². The van der Waals surface area contributed by atoms with Gasteiger partial charge < -0.3 is 24.4 Å². The van der Waals surface area contributed by atoms with Crippen molar-refractivity contribution in [3.63, 3.8) is 0 Å². The maximum Gasteiger partial charge on any atom is 0.193 e. The highest BCUT2D eigenvalue weighted by molar-refractivity contribution is 14.0. The van der Waals surface area contributed by atoms with Gasteiger partial charge in [0.15, 0.2) is 5.96 Å². The number of methoxy groups -OCH3 is 1. The molecule has 3 rings (SSSR count). The highest BCUT2D eigenvalue weighted by Gasteiger charge is 2.23. The highest BCUT2D eigenvalue weighted by Crippen LogP contribution is 2.18. The summed E-state index contributed by atoms with van der Waals surface area (Å²) in [5, 5.41) is 3.46. The summed E-state index contributed by atoms with van der Waals surface area (Å²) in [6.45, 7) is 7.50. The van der Waals surface area contributed by atoms with Crippen LogP contribution in [0.1, 0.15) is 51.0 Å². The molecule has 1 N–H and O–H groups in total. The minimum Gasteiger partial charge on any atom is -0.497 e. The van der Waals surface area contributed by atoms with Gasteiger partial charge in [-0.05, 0) is 69.6 Å². The topological polar surface area (TPSA) is 55.3 Å². The molecule has 0 spiro atoms. The Labute approximate surface area is 205 Å². The maximum absolute atomic E-state index is 6.15. The second kappa shape index (κ2) is 14.9. The number of guanidine groups is 1. The molecule has 0 amide bonds. The Morgan fingerprint density at radius 1 is 1.23 bits per heavy atom. The average molecular weight is 546 g/mol. The molecule has 1 atom stereocenters. The molecular weight excluding hydrogens is 505 g/mol. The van der Waals surface area contributed by atoms with Crippen LogP contribution in [0.4, 0.5) is 0 Å². The Kier molecular flexibility index (Phi) is 12.6. The van der Waals surface area contributed by atoms with Crippen molar-refractivity contribution >= 4 is 29.9 Å². The second-order valence-electron chi connectivity index (χ2n) is 8.20. The van der Waals surface area contributed by atoms with Gasteiger partial charge in [0.1, 0.15) is 5.75 Å². The molecule has 1 aromatic carbocycles. The molecule has 0 radical (unpaired) electrons. The van der Waals surface area contributed by atoms with Crippen LogP contribution in [0.3, 0.4) is 0 Å². The van der Waals surface area contributed by atoms with Crippen LogP contribution < -0.4 is 10.1 Å². The van der Waals surface area contributed by atoms with E-state index in [0.29, 0.717) is 12.2 Å². The van der Waals surface area contributed by atoms with E-state index in [9.17, 15) is 0 Å². The van der Waals surface area contributed by atoms with Crippen molar-refractivity contribution in [2.24, 2.45) is 4.99 Å². The zero-order chi connectivity index (χ0) is 21.0. The lowest BCUT2D eigenvalue weighted by Crippen LogP contribution is -2.47. The SMILES string of the molecule is CCNC(=NCCCc1cccc(OC)c1)N1CCC(OCC2CCCCO2)CC1.I. The number of rotatable bonds is 9. The van der Waals surface area contributed by atoms with Crippen molar-refractivity contribution in [3.05, 3.63) is 29.8 Å². The van der Waals surface area contributed by atoms with E-state index < -0.39 is 0 Å². The molecule has 0 aromatic heterocycles. The highest BCUT2D eigenvalue weighted by atomic mass is 127. The van der Waals surface area contributed by atoms with Gasteiger partial charge in [0.05, 0.1) is 25.9 Å². The number of piperidine rings is 1. The fourth-order valence-electron chi connectivity index (χ4n) is 4.14. The van der Waals surface area contributed by atoms with Crippen molar-refractivity contribution in [1.82, 2.24) is 10.2 Å². The van der Waals surface area contributed by atoms with Gasteiger partial charge in [-0.2, -0.15) is 0 Å². The van der Waals surface area contributed by atoms with Crippen molar-refractivity contribution in [3.8, 4) is 5.75 Å². The van der Waals surface area contributed by atoms with Crippen LogP contribution in [0.25, 0.3) is 0 Å². The molecule has 2 aliphatic heterocycles. The number of nitrogens with one attached hydrogen (secondary N) is 1. The first-order chi connectivity index (χ1) is 14.8. The molecule has 176 valence electrons. The summed E-state index contributed by atoms with van der Waals surface area (Å²) in [4.78, 5) is 7.26. The van der Waals surface area contributed by atoms with E-state index >= 15 is 0 Å². The number of halogens is 1. The monoisotopic (exact) mass is 545 g/mol. The Morgan fingerprint density at radius 3 is 2.77 bits per heavy atom. The van der Waals surface area contributed by atoms with Gasteiger partial charge in [0, 0.05) is 32.8 Å². The quantitative estimate of drug-likeness (QED) is 0.218. The zero-order valence-electron chi connectivity index (χ0n) is 19.2. The van der Waals surface area contributed by atoms with Crippen LogP contribution in [-0.2, 0) is 15.9 Å². The molecule has 7 heteroatoms. The van der Waals surface area contributed by atoms with E-state index in [0.717, 1.165) is 83.2 Å². The lowest BCUT2D eigenvalue weighted by atomic mass is 10.1. The van der Waals surface area contributed by atoms with Crippen LogP contribution in [0.2, 0.25) is 0 Å². The third kappa shape index (κ3) is 9.14. The third-order valence-corrected chi connectivity index (χ3v) is 5.89. The van der Waals surface area contributed by atoms with Crippen LogP contribution >= 0.6 is 24.0 Å². The van der Waals surface area contributed by atoms with Gasteiger partial charge in [-0.1, -0.05) is 12.1 Å². The second-order valence-corrected chi connectivity index (χ2v) is 8.20. The Bertz CT molecular complexity index is 645. The van der Waals surface area contributed by atoms with Crippen molar-refractivity contribution in [1.29, 1.82) is 0 Å². The molecule has 0 saturated carbocycles. The summed E-state index contributed by atoms with van der Waals surface area (Å²) in [6.07, 6.45) is 8.42. The van der Waals surface area contributed by atoms with Gasteiger partial charge in [0.2, 0.25) is 0 Å². The average Bonchev–Trinajstić information content (AvgIpc) is 2.81. The van der Waals surface area contributed by atoms with Crippen LogP contribution in [0, 0.1) is 0 Å². The number of aliphatic imine (C=N–C) groups is 1. The molecule has 0 bridgehead atoms. The Hall–Kier alpha value is -1.06. The molecule has 2 fully saturated rings. The first-order valence-electron chi connectivity index (χ1n) is 11.7. The molecule has 31 heavy (non-hydrogen) atoms. The lowest BCUT2D eigenvalue weighted by molar-refractivity contribution is -0.0721. The number of hydrogen-bond acceptors (Lipinski definition) is 4. The fraction of sp³-hybridized carbons (Fsp3) is 0.708. The number of ether oxygens (including phenoxy) is 3. The van der Waals surface area contributed by atoms with Crippen molar-refractivity contribution < 1.29 is 14.2 Å². The fourth-order valence-corrected chi connectivity index (χ4v) is 4.14.